The standard InChI is InChI=1S/C31H37FN6O6/c1-18(2)37-22-12-19(6-7-24(22)44-16-25(37)39)14-33-27(40)21-13-23(38-26(36-21)20(32)15-35-38)28(41)34-17-30(3)8-10-31(4,11-9-30)29(42)43-5/h6-7,12-13,15,18H,8-11,14,16-17H2,1-5H3,(H,33,40)(H,34,41). The van der Waals surface area contributed by atoms with Crippen LogP contribution in [0.3, 0.4) is 0 Å². The molecule has 44 heavy (non-hydrogen) atoms. The molecule has 3 amide bonds. The van der Waals surface area contributed by atoms with Crippen molar-refractivity contribution in [3.8, 4) is 5.75 Å². The van der Waals surface area contributed by atoms with Gasteiger partial charge < -0.3 is 25.0 Å². The van der Waals surface area contributed by atoms with Crippen LogP contribution in [0.4, 0.5) is 10.1 Å². The molecule has 1 aromatic carbocycles. The minimum absolute atomic E-state index is 0.0372. The molecule has 1 fully saturated rings. The van der Waals surface area contributed by atoms with Crippen molar-refractivity contribution < 1.29 is 33.0 Å². The summed E-state index contributed by atoms with van der Waals surface area (Å²) in [6.07, 6.45) is 3.60. The molecular formula is C31H37FN6O6. The van der Waals surface area contributed by atoms with Crippen LogP contribution in [-0.2, 0) is 20.9 Å². The Bertz CT molecular complexity index is 1630. The van der Waals surface area contributed by atoms with Crippen molar-refractivity contribution in [2.75, 3.05) is 25.2 Å². The number of benzene rings is 1. The number of hydrogen-bond donors (Lipinski definition) is 2. The zero-order valence-corrected chi connectivity index (χ0v) is 25.5. The average molecular weight is 609 g/mol. The predicted octanol–water partition coefficient (Wildman–Crippen LogP) is 3.42. The normalized spacial score (nSPS) is 21.5. The fourth-order valence-electron chi connectivity index (χ4n) is 5.80. The van der Waals surface area contributed by atoms with Gasteiger partial charge in [-0.15, -0.1) is 0 Å². The number of halogens is 1. The van der Waals surface area contributed by atoms with Crippen molar-refractivity contribution in [1.82, 2.24) is 25.2 Å². The molecule has 1 aliphatic carbocycles. The van der Waals surface area contributed by atoms with E-state index in [1.54, 1.807) is 23.1 Å². The van der Waals surface area contributed by atoms with E-state index >= 15 is 0 Å². The minimum Gasteiger partial charge on any atom is -0.482 e. The van der Waals surface area contributed by atoms with E-state index in [-0.39, 0.29) is 53.5 Å². The first-order valence-electron chi connectivity index (χ1n) is 14.6. The van der Waals surface area contributed by atoms with Crippen LogP contribution in [0.1, 0.15) is 79.9 Å². The molecule has 2 aromatic heterocycles. The quantitative estimate of drug-likeness (QED) is 0.370. The number of ether oxygens (including phenoxy) is 2. The van der Waals surface area contributed by atoms with Crippen LogP contribution in [0.2, 0.25) is 0 Å². The van der Waals surface area contributed by atoms with Gasteiger partial charge in [0.05, 0.1) is 24.4 Å². The number of esters is 1. The summed E-state index contributed by atoms with van der Waals surface area (Å²) in [7, 11) is 1.39. The monoisotopic (exact) mass is 608 g/mol. The Kier molecular flexibility index (Phi) is 8.32. The van der Waals surface area contributed by atoms with Gasteiger partial charge in [-0.1, -0.05) is 13.0 Å². The minimum atomic E-state index is -0.775. The lowest BCUT2D eigenvalue weighted by Gasteiger charge is -2.41. The van der Waals surface area contributed by atoms with Gasteiger partial charge >= 0.3 is 5.97 Å². The van der Waals surface area contributed by atoms with Gasteiger partial charge in [0.15, 0.2) is 18.1 Å². The van der Waals surface area contributed by atoms with E-state index in [1.165, 1.54) is 13.2 Å². The van der Waals surface area contributed by atoms with Gasteiger partial charge in [-0.05, 0) is 69.6 Å². The van der Waals surface area contributed by atoms with Crippen LogP contribution >= 0.6 is 0 Å². The maximum absolute atomic E-state index is 14.6. The van der Waals surface area contributed by atoms with E-state index in [9.17, 15) is 23.6 Å². The molecule has 0 bridgehead atoms. The molecule has 234 valence electrons. The number of amides is 3. The van der Waals surface area contributed by atoms with E-state index in [2.05, 4.69) is 20.7 Å². The summed E-state index contributed by atoms with van der Waals surface area (Å²) in [5.74, 6) is -1.74. The molecule has 3 aromatic rings. The molecule has 0 spiro atoms. The van der Waals surface area contributed by atoms with Gasteiger partial charge in [0.2, 0.25) is 0 Å². The first-order valence-corrected chi connectivity index (χ1v) is 14.6. The second-order valence-electron chi connectivity index (χ2n) is 12.4. The molecular weight excluding hydrogens is 571 g/mol. The first kappa shape index (κ1) is 30.9. The van der Waals surface area contributed by atoms with Crippen molar-refractivity contribution in [2.24, 2.45) is 10.8 Å². The number of anilines is 1. The zero-order chi connectivity index (χ0) is 31.8. The molecule has 0 atom stereocenters. The lowest BCUT2D eigenvalue weighted by Crippen LogP contribution is -2.43. The smallest absolute Gasteiger partial charge is 0.311 e. The summed E-state index contributed by atoms with van der Waals surface area (Å²) in [6.45, 7) is 8.12. The molecule has 0 unspecified atom stereocenters. The van der Waals surface area contributed by atoms with Crippen LogP contribution in [0.25, 0.3) is 5.65 Å². The predicted molar refractivity (Wildman–Crippen MR) is 158 cm³/mol. The van der Waals surface area contributed by atoms with E-state index in [0.29, 0.717) is 49.2 Å². The third-order valence-electron chi connectivity index (χ3n) is 8.68. The number of nitrogens with one attached hydrogen (secondary N) is 2. The lowest BCUT2D eigenvalue weighted by molar-refractivity contribution is -0.155. The molecule has 2 aliphatic rings. The van der Waals surface area contributed by atoms with Gasteiger partial charge in [-0.2, -0.15) is 5.10 Å². The number of methoxy groups -OCH3 is 1. The van der Waals surface area contributed by atoms with Crippen molar-refractivity contribution >= 4 is 35.0 Å². The van der Waals surface area contributed by atoms with Gasteiger partial charge in [-0.25, -0.2) is 13.9 Å². The fraction of sp³-hybridized carbons (Fsp3) is 0.484. The third-order valence-corrected chi connectivity index (χ3v) is 8.68. The molecule has 12 nitrogen and oxygen atoms in total. The summed E-state index contributed by atoms with van der Waals surface area (Å²) in [5, 5.41) is 9.63. The third kappa shape index (κ3) is 5.95. The molecule has 2 N–H and O–H groups in total. The van der Waals surface area contributed by atoms with E-state index < -0.39 is 23.0 Å². The number of carbonyl (C=O) groups excluding carboxylic acids is 4. The van der Waals surface area contributed by atoms with Gasteiger partial charge in [0.25, 0.3) is 17.7 Å². The molecule has 1 saturated carbocycles. The number of rotatable bonds is 8. The Hall–Kier alpha value is -4.55. The maximum atomic E-state index is 14.6. The highest BCUT2D eigenvalue weighted by molar-refractivity contribution is 5.99. The van der Waals surface area contributed by atoms with Crippen LogP contribution in [-0.4, -0.2) is 64.6 Å². The summed E-state index contributed by atoms with van der Waals surface area (Å²) in [5.41, 5.74) is 0.0600. The first-order chi connectivity index (χ1) is 20.8. The van der Waals surface area contributed by atoms with Crippen LogP contribution < -0.4 is 20.3 Å². The van der Waals surface area contributed by atoms with Crippen LogP contribution in [0.15, 0.2) is 30.5 Å². The molecule has 5 rings (SSSR count). The largest absolute Gasteiger partial charge is 0.482 e. The Balaban J connectivity index is 1.30. The van der Waals surface area contributed by atoms with Crippen molar-refractivity contribution in [3.05, 3.63) is 53.2 Å². The van der Waals surface area contributed by atoms with E-state index in [4.69, 9.17) is 9.47 Å². The molecule has 13 heteroatoms. The Morgan fingerprint density at radius 3 is 2.50 bits per heavy atom. The van der Waals surface area contributed by atoms with Crippen LogP contribution in [0.5, 0.6) is 5.75 Å². The number of carbonyl (C=O) groups is 4. The zero-order valence-electron chi connectivity index (χ0n) is 25.5. The fourth-order valence-corrected chi connectivity index (χ4v) is 5.80. The second-order valence-corrected chi connectivity index (χ2v) is 12.4. The van der Waals surface area contributed by atoms with Crippen LogP contribution in [0, 0.1) is 16.6 Å². The highest BCUT2D eigenvalue weighted by Crippen LogP contribution is 2.45. The molecule has 3 heterocycles. The van der Waals surface area contributed by atoms with Gasteiger partial charge in [0.1, 0.15) is 17.1 Å². The maximum Gasteiger partial charge on any atom is 0.311 e. The topological polar surface area (TPSA) is 144 Å². The van der Waals surface area contributed by atoms with Gasteiger partial charge in [0, 0.05) is 25.2 Å². The SMILES string of the molecule is COC(=O)C1(C)CCC(C)(CNC(=O)c2cc(C(=O)NCc3ccc4c(c3)N(C(C)C)C(=O)CO4)nc3c(F)cnn23)CC1. The van der Waals surface area contributed by atoms with E-state index in [1.807, 2.05) is 27.7 Å². The molecule has 0 saturated heterocycles. The lowest BCUT2D eigenvalue weighted by atomic mass is 9.65. The number of hydrogen-bond acceptors (Lipinski definition) is 8. The molecule has 0 radical (unpaired) electrons. The summed E-state index contributed by atoms with van der Waals surface area (Å²) in [6, 6.07) is 6.50. The number of aromatic nitrogens is 3. The summed E-state index contributed by atoms with van der Waals surface area (Å²) < 4.78 is 26.2. The van der Waals surface area contributed by atoms with Crippen molar-refractivity contribution in [3.63, 3.8) is 0 Å². The van der Waals surface area contributed by atoms with E-state index in [0.717, 1.165) is 10.7 Å². The Morgan fingerprint density at radius 2 is 1.82 bits per heavy atom. The highest BCUT2D eigenvalue weighted by Gasteiger charge is 2.43. The number of nitrogens with zero attached hydrogens (tertiary/aromatic N) is 4. The Morgan fingerprint density at radius 1 is 1.09 bits per heavy atom. The highest BCUT2D eigenvalue weighted by atomic mass is 19.1. The van der Waals surface area contributed by atoms with Gasteiger partial charge in [-0.3, -0.25) is 19.2 Å². The summed E-state index contributed by atoms with van der Waals surface area (Å²) in [4.78, 5) is 57.0. The van der Waals surface area contributed by atoms with Crippen molar-refractivity contribution in [2.45, 2.75) is 66.0 Å². The van der Waals surface area contributed by atoms with Crippen molar-refractivity contribution in [1.29, 1.82) is 0 Å². The average Bonchev–Trinajstić information content (AvgIpc) is 3.39. The molecule has 1 aliphatic heterocycles. The Labute approximate surface area is 254 Å². The second kappa shape index (κ2) is 11.9. The summed E-state index contributed by atoms with van der Waals surface area (Å²) >= 11 is 0. The number of fused-ring (bicyclic) bond motifs is 2.